The van der Waals surface area contributed by atoms with E-state index in [4.69, 9.17) is 9.84 Å². The van der Waals surface area contributed by atoms with Crippen molar-refractivity contribution in [2.75, 3.05) is 13.2 Å². The number of aliphatic carboxylic acids is 1. The zero-order chi connectivity index (χ0) is 23.8. The van der Waals surface area contributed by atoms with Gasteiger partial charge >= 0.3 is 12.1 Å². The second kappa shape index (κ2) is 8.78. The number of nitrogens with one attached hydrogen (secondary N) is 2. The highest BCUT2D eigenvalue weighted by Crippen LogP contribution is 2.60. The van der Waals surface area contributed by atoms with E-state index in [0.717, 1.165) is 41.5 Å². The van der Waals surface area contributed by atoms with Gasteiger partial charge in [-0.3, -0.25) is 9.59 Å². The summed E-state index contributed by atoms with van der Waals surface area (Å²) in [6.07, 6.45) is 4.28. The molecule has 0 unspecified atom stereocenters. The minimum atomic E-state index is -0.980. The number of hydrogen-bond donors (Lipinski definition) is 3. The van der Waals surface area contributed by atoms with Crippen molar-refractivity contribution < 1.29 is 24.2 Å². The Morgan fingerprint density at radius 2 is 1.59 bits per heavy atom. The maximum absolute atomic E-state index is 13.0. The first kappa shape index (κ1) is 22.4. The minimum Gasteiger partial charge on any atom is -0.481 e. The number of carbonyl (C=O) groups excluding carboxylic acids is 2. The fraction of sp³-hybridized carbons (Fsp3) is 0.444. The van der Waals surface area contributed by atoms with Crippen LogP contribution in [0.25, 0.3) is 11.1 Å². The summed E-state index contributed by atoms with van der Waals surface area (Å²) in [5.74, 6) is -1.18. The van der Waals surface area contributed by atoms with Crippen LogP contribution in [0.5, 0.6) is 0 Å². The number of fused-ring (bicyclic) bond motifs is 3. The van der Waals surface area contributed by atoms with Crippen molar-refractivity contribution in [3.63, 3.8) is 0 Å². The number of carbonyl (C=O) groups is 3. The third kappa shape index (κ3) is 4.04. The Kier molecular flexibility index (Phi) is 5.80. The van der Waals surface area contributed by atoms with Gasteiger partial charge in [-0.1, -0.05) is 55.0 Å². The molecule has 0 saturated heterocycles. The summed E-state index contributed by atoms with van der Waals surface area (Å²) in [6, 6.07) is 16.3. The van der Waals surface area contributed by atoms with Gasteiger partial charge in [-0.05, 0) is 59.8 Å². The Morgan fingerprint density at radius 1 is 0.971 bits per heavy atom. The van der Waals surface area contributed by atoms with Crippen LogP contribution in [0.2, 0.25) is 0 Å². The largest absolute Gasteiger partial charge is 0.481 e. The van der Waals surface area contributed by atoms with Crippen LogP contribution in [0.15, 0.2) is 48.5 Å². The van der Waals surface area contributed by atoms with Crippen LogP contribution in [0.3, 0.4) is 0 Å². The topological polar surface area (TPSA) is 105 Å². The van der Waals surface area contributed by atoms with Gasteiger partial charge in [0.15, 0.2) is 0 Å². The molecular formula is C27H30N2O5. The molecule has 3 N–H and O–H groups in total. The first-order chi connectivity index (χ1) is 16.4. The van der Waals surface area contributed by atoms with Crippen LogP contribution < -0.4 is 10.6 Å². The average molecular weight is 463 g/mol. The van der Waals surface area contributed by atoms with Crippen molar-refractivity contribution in [2.45, 2.75) is 56.4 Å². The SMILES string of the molecule is O=C(O)CCCNC(=O)C1(NC(=O)OCC2c3ccccc3-c3ccccc32)CC2(CCC2)C1. The summed E-state index contributed by atoms with van der Waals surface area (Å²) in [6.45, 7) is 0.466. The number of rotatable bonds is 8. The zero-order valence-corrected chi connectivity index (χ0v) is 19.1. The molecule has 0 heterocycles. The number of benzene rings is 2. The number of alkyl carbamates (subject to hydrolysis) is 1. The van der Waals surface area contributed by atoms with Gasteiger partial charge in [0.05, 0.1) is 0 Å². The first-order valence-corrected chi connectivity index (χ1v) is 12.0. The van der Waals surface area contributed by atoms with Crippen LogP contribution in [0.1, 0.15) is 62.0 Å². The van der Waals surface area contributed by atoms with Gasteiger partial charge in [-0.2, -0.15) is 0 Å². The summed E-state index contributed by atoms with van der Waals surface area (Å²) in [7, 11) is 0. The normalized spacial score (nSPS) is 18.7. The molecule has 2 amide bonds. The van der Waals surface area contributed by atoms with Crippen molar-refractivity contribution in [1.29, 1.82) is 0 Å². The lowest BCUT2D eigenvalue weighted by Gasteiger charge is -2.59. The summed E-state index contributed by atoms with van der Waals surface area (Å²) in [4.78, 5) is 36.6. The maximum Gasteiger partial charge on any atom is 0.408 e. The van der Waals surface area contributed by atoms with Crippen molar-refractivity contribution in [2.24, 2.45) is 5.41 Å². The van der Waals surface area contributed by atoms with E-state index in [0.29, 0.717) is 19.3 Å². The highest BCUT2D eigenvalue weighted by molar-refractivity contribution is 5.91. The molecule has 0 bridgehead atoms. The van der Waals surface area contributed by atoms with E-state index in [1.807, 2.05) is 24.3 Å². The van der Waals surface area contributed by atoms with E-state index in [-0.39, 0.29) is 36.8 Å². The monoisotopic (exact) mass is 462 g/mol. The molecule has 2 aromatic carbocycles. The molecule has 7 heteroatoms. The van der Waals surface area contributed by atoms with E-state index in [1.165, 1.54) is 0 Å². The van der Waals surface area contributed by atoms with Gasteiger partial charge in [0, 0.05) is 18.9 Å². The van der Waals surface area contributed by atoms with Gasteiger partial charge in [0.2, 0.25) is 5.91 Å². The predicted octanol–water partition coefficient (Wildman–Crippen LogP) is 4.21. The molecule has 0 radical (unpaired) electrons. The Hall–Kier alpha value is -3.35. The number of hydrogen-bond acceptors (Lipinski definition) is 4. The van der Waals surface area contributed by atoms with Crippen LogP contribution >= 0.6 is 0 Å². The summed E-state index contributed by atoms with van der Waals surface area (Å²) >= 11 is 0. The molecule has 0 aromatic heterocycles. The molecule has 0 aliphatic heterocycles. The summed E-state index contributed by atoms with van der Waals surface area (Å²) in [5.41, 5.74) is 3.77. The summed E-state index contributed by atoms with van der Waals surface area (Å²) in [5, 5.41) is 14.5. The molecule has 7 nitrogen and oxygen atoms in total. The second-order valence-electron chi connectivity index (χ2n) is 9.99. The molecule has 5 rings (SSSR count). The number of amides is 2. The smallest absolute Gasteiger partial charge is 0.408 e. The maximum atomic E-state index is 13.0. The van der Waals surface area contributed by atoms with Gasteiger partial charge in [-0.15, -0.1) is 0 Å². The molecule has 2 saturated carbocycles. The lowest BCUT2D eigenvalue weighted by atomic mass is 9.48. The first-order valence-electron chi connectivity index (χ1n) is 12.0. The van der Waals surface area contributed by atoms with Gasteiger partial charge < -0.3 is 20.5 Å². The third-order valence-electron chi connectivity index (χ3n) is 7.74. The van der Waals surface area contributed by atoms with Crippen molar-refractivity contribution in [1.82, 2.24) is 10.6 Å². The van der Waals surface area contributed by atoms with E-state index >= 15 is 0 Å². The standard InChI is InChI=1S/C27H30N2O5/c30-23(31)11-5-14-28-24(32)27(16-26(17-27)12-6-13-26)29-25(33)34-15-22-20-9-3-1-7-18(20)19-8-2-4-10-21(19)22/h1-4,7-10,22H,5-6,11-17H2,(H,28,32)(H,29,33)(H,30,31). The molecule has 0 atom stereocenters. The lowest BCUT2D eigenvalue weighted by Crippen LogP contribution is -2.70. The van der Waals surface area contributed by atoms with Crippen LogP contribution in [-0.2, 0) is 14.3 Å². The lowest BCUT2D eigenvalue weighted by molar-refractivity contribution is -0.144. The molecular weight excluding hydrogens is 432 g/mol. The molecule has 178 valence electrons. The summed E-state index contributed by atoms with van der Waals surface area (Å²) < 4.78 is 5.69. The van der Waals surface area contributed by atoms with Crippen LogP contribution in [0, 0.1) is 5.41 Å². The van der Waals surface area contributed by atoms with Crippen molar-refractivity contribution >= 4 is 18.0 Å². The Labute approximate surface area is 198 Å². The number of ether oxygens (including phenoxy) is 1. The predicted molar refractivity (Wildman–Crippen MR) is 126 cm³/mol. The molecule has 34 heavy (non-hydrogen) atoms. The fourth-order valence-electron chi connectivity index (χ4n) is 6.01. The van der Waals surface area contributed by atoms with E-state index < -0.39 is 17.6 Å². The fourth-order valence-corrected chi connectivity index (χ4v) is 6.01. The minimum absolute atomic E-state index is 0.00295. The van der Waals surface area contributed by atoms with Gasteiger partial charge in [-0.25, -0.2) is 4.79 Å². The Balaban J connectivity index is 1.23. The molecule has 2 fully saturated rings. The molecule has 3 aliphatic carbocycles. The van der Waals surface area contributed by atoms with Crippen molar-refractivity contribution in [3.8, 4) is 11.1 Å². The van der Waals surface area contributed by atoms with Crippen LogP contribution in [0.4, 0.5) is 4.79 Å². The van der Waals surface area contributed by atoms with Gasteiger partial charge in [0.1, 0.15) is 12.1 Å². The molecule has 1 spiro atoms. The molecule has 3 aliphatic rings. The van der Waals surface area contributed by atoms with E-state index in [2.05, 4.69) is 34.9 Å². The molecule has 2 aromatic rings. The highest BCUT2D eigenvalue weighted by atomic mass is 16.5. The van der Waals surface area contributed by atoms with E-state index in [1.54, 1.807) is 0 Å². The second-order valence-corrected chi connectivity index (χ2v) is 9.99. The average Bonchev–Trinajstić information content (AvgIpc) is 3.10. The van der Waals surface area contributed by atoms with Crippen LogP contribution in [-0.4, -0.2) is 41.8 Å². The Bertz CT molecular complexity index is 1070. The van der Waals surface area contributed by atoms with Gasteiger partial charge in [0.25, 0.3) is 0 Å². The third-order valence-corrected chi connectivity index (χ3v) is 7.74. The van der Waals surface area contributed by atoms with Crippen molar-refractivity contribution in [3.05, 3.63) is 59.7 Å². The van der Waals surface area contributed by atoms with E-state index in [9.17, 15) is 14.4 Å². The highest BCUT2D eigenvalue weighted by Gasteiger charge is 2.61. The number of carboxylic acid groups (broad SMARTS) is 1. The quantitative estimate of drug-likeness (QED) is 0.510. The number of carboxylic acids is 1. The Morgan fingerprint density at radius 3 is 2.15 bits per heavy atom. The zero-order valence-electron chi connectivity index (χ0n) is 19.1.